The molecule has 0 bridgehead atoms. The minimum atomic E-state index is 0. The molecule has 0 rings (SSSR count). The first kappa shape index (κ1) is 8.93. The molecule has 0 unspecified atom stereocenters. The van der Waals surface area contributed by atoms with Crippen LogP contribution in [0.1, 0.15) is 6.92 Å². The molecule has 0 spiro atoms. The van der Waals surface area contributed by atoms with Crippen LogP contribution in [0.3, 0.4) is 0 Å². The van der Waals surface area contributed by atoms with Gasteiger partial charge in [0.1, 0.15) is 0 Å². The fraction of sp³-hybridized carbons (Fsp3) is 0.333. The first-order valence-electron chi connectivity index (χ1n) is 1.15. The van der Waals surface area contributed by atoms with Crippen LogP contribution in [-0.4, -0.2) is 6.29 Å². The van der Waals surface area contributed by atoms with E-state index in [1.54, 1.807) is 6.92 Å². The van der Waals surface area contributed by atoms with E-state index in [9.17, 15) is 0 Å². The summed E-state index contributed by atoms with van der Waals surface area (Å²) in [6.45, 7) is 1.69. The SMILES string of the molecule is C[CH-]C=O.[V+2]. The van der Waals surface area contributed by atoms with E-state index in [4.69, 9.17) is 4.79 Å². The molecular weight excluding hydrogens is 103 g/mol. The minimum absolute atomic E-state index is 0. The molecule has 27 valence electrons. The molecule has 0 aliphatic heterocycles. The summed E-state index contributed by atoms with van der Waals surface area (Å²) in [5, 5.41) is 0. The van der Waals surface area contributed by atoms with Gasteiger partial charge in [0, 0.05) is 0 Å². The number of carbonyl (C=O) groups is 1. The molecule has 0 aromatic carbocycles. The average molecular weight is 108 g/mol. The van der Waals surface area contributed by atoms with Gasteiger partial charge in [0.2, 0.25) is 0 Å². The predicted molar refractivity (Wildman–Crippen MR) is 16.0 cm³/mol. The monoisotopic (exact) mass is 108 g/mol. The fourth-order valence-corrected chi connectivity index (χ4v) is 0. The van der Waals surface area contributed by atoms with Crippen LogP contribution >= 0.6 is 0 Å². The van der Waals surface area contributed by atoms with Crippen molar-refractivity contribution < 1.29 is 23.4 Å². The summed E-state index contributed by atoms with van der Waals surface area (Å²) in [5.74, 6) is 0. The number of carbonyl (C=O) groups excluding carboxylic acids is 1. The molecule has 0 fully saturated rings. The normalized spacial score (nSPS) is 4.20. The van der Waals surface area contributed by atoms with Crippen LogP contribution in [0, 0.1) is 6.42 Å². The Labute approximate surface area is 43.6 Å². The van der Waals surface area contributed by atoms with Gasteiger partial charge in [0.05, 0.1) is 0 Å². The van der Waals surface area contributed by atoms with Crippen LogP contribution in [0.15, 0.2) is 0 Å². The smallest absolute Gasteiger partial charge is 0.338 e. The molecule has 0 aliphatic rings. The van der Waals surface area contributed by atoms with Crippen molar-refractivity contribution in [1.29, 1.82) is 0 Å². The van der Waals surface area contributed by atoms with Crippen LogP contribution in [-0.2, 0) is 23.4 Å². The molecule has 5 heavy (non-hydrogen) atoms. The second-order valence-electron chi connectivity index (χ2n) is 0.469. The zero-order valence-corrected chi connectivity index (χ0v) is 4.41. The molecule has 1 nitrogen and oxygen atoms in total. The molecule has 0 heterocycles. The molecule has 0 aromatic heterocycles. The van der Waals surface area contributed by atoms with Gasteiger partial charge in [-0.3, -0.25) is 0 Å². The van der Waals surface area contributed by atoms with Gasteiger partial charge in [-0.2, -0.15) is 6.92 Å². The molecule has 0 aliphatic carbocycles. The van der Waals surface area contributed by atoms with Gasteiger partial charge in [-0.15, -0.1) is 0 Å². The number of rotatable bonds is 1. The minimum Gasteiger partial charge on any atom is -0.338 e. The van der Waals surface area contributed by atoms with Crippen LogP contribution in [0.2, 0.25) is 0 Å². The molecule has 0 atom stereocenters. The van der Waals surface area contributed by atoms with Crippen molar-refractivity contribution in [3.8, 4) is 0 Å². The molecule has 0 saturated heterocycles. The Kier molecular flexibility index (Phi) is 15.9. The maximum absolute atomic E-state index is 9.12. The van der Waals surface area contributed by atoms with Crippen molar-refractivity contribution in [2.45, 2.75) is 6.92 Å². The molecule has 0 saturated carbocycles. The zero-order chi connectivity index (χ0) is 3.41. The van der Waals surface area contributed by atoms with Crippen LogP contribution in [0.5, 0.6) is 0 Å². The number of hydrogen-bond acceptors (Lipinski definition) is 1. The van der Waals surface area contributed by atoms with Crippen molar-refractivity contribution >= 4 is 6.29 Å². The predicted octanol–water partition coefficient (Wildman–Crippen LogP) is 0.407. The standard InChI is InChI=1S/C3H5O.V/c1-2-3-4;/h2-3H,1H3;/q-1;+2. The van der Waals surface area contributed by atoms with E-state index in [-0.39, 0.29) is 18.6 Å². The first-order valence-corrected chi connectivity index (χ1v) is 1.15. The van der Waals surface area contributed by atoms with Gasteiger partial charge in [0.15, 0.2) is 0 Å². The van der Waals surface area contributed by atoms with Gasteiger partial charge in [-0.1, -0.05) is 0 Å². The molecule has 0 aromatic rings. The fourth-order valence-electron chi connectivity index (χ4n) is 0. The zero-order valence-electron chi connectivity index (χ0n) is 3.01. The maximum Gasteiger partial charge on any atom is 2.00 e. The van der Waals surface area contributed by atoms with Crippen molar-refractivity contribution in [3.05, 3.63) is 6.42 Å². The summed E-state index contributed by atoms with van der Waals surface area (Å²) in [6, 6.07) is 0. The van der Waals surface area contributed by atoms with Gasteiger partial charge >= 0.3 is 18.6 Å². The van der Waals surface area contributed by atoms with E-state index in [1.165, 1.54) is 6.42 Å². The first-order chi connectivity index (χ1) is 1.91. The topological polar surface area (TPSA) is 17.1 Å². The Morgan fingerprint density at radius 3 is 2.00 bits per heavy atom. The summed E-state index contributed by atoms with van der Waals surface area (Å²) in [7, 11) is 0. The third-order valence-corrected chi connectivity index (χ3v) is 0.136. The van der Waals surface area contributed by atoms with Crippen LogP contribution in [0.4, 0.5) is 0 Å². The van der Waals surface area contributed by atoms with E-state index in [0.29, 0.717) is 0 Å². The van der Waals surface area contributed by atoms with Gasteiger partial charge in [-0.25, -0.2) is 0 Å². The Balaban J connectivity index is 0. The average Bonchev–Trinajstić information content (AvgIpc) is 1.37. The molecule has 0 N–H and O–H groups in total. The van der Waals surface area contributed by atoms with E-state index in [1.807, 2.05) is 0 Å². The summed E-state index contributed by atoms with van der Waals surface area (Å²) < 4.78 is 0. The molecule has 0 amide bonds. The third kappa shape index (κ3) is 14.7. The maximum atomic E-state index is 9.12. The number of hydrogen-bond donors (Lipinski definition) is 0. The third-order valence-electron chi connectivity index (χ3n) is 0.136. The Morgan fingerprint density at radius 1 is 1.80 bits per heavy atom. The van der Waals surface area contributed by atoms with Crippen molar-refractivity contribution in [1.82, 2.24) is 0 Å². The van der Waals surface area contributed by atoms with Gasteiger partial charge in [-0.05, 0) is 6.29 Å². The Bertz CT molecular complexity index is 20.9. The van der Waals surface area contributed by atoms with Crippen LogP contribution in [0.25, 0.3) is 0 Å². The molecule has 1 radical (unpaired) electrons. The molecular formula is C3H5OV+. The van der Waals surface area contributed by atoms with Crippen molar-refractivity contribution in [3.63, 3.8) is 0 Å². The van der Waals surface area contributed by atoms with E-state index < -0.39 is 0 Å². The second-order valence-corrected chi connectivity index (χ2v) is 0.469. The van der Waals surface area contributed by atoms with Gasteiger partial charge in [0.25, 0.3) is 0 Å². The summed E-state index contributed by atoms with van der Waals surface area (Å²) in [6.07, 6.45) is 2.19. The van der Waals surface area contributed by atoms with E-state index in [0.717, 1.165) is 6.29 Å². The number of aldehydes is 1. The largest absolute Gasteiger partial charge is 2.00 e. The molecule has 2 heteroatoms. The summed E-state index contributed by atoms with van der Waals surface area (Å²) in [4.78, 5) is 9.12. The quantitative estimate of drug-likeness (QED) is 0.351. The van der Waals surface area contributed by atoms with Crippen molar-refractivity contribution in [2.75, 3.05) is 0 Å². The van der Waals surface area contributed by atoms with Crippen LogP contribution < -0.4 is 0 Å². The summed E-state index contributed by atoms with van der Waals surface area (Å²) >= 11 is 0. The van der Waals surface area contributed by atoms with E-state index in [2.05, 4.69) is 0 Å². The Morgan fingerprint density at radius 2 is 2.00 bits per heavy atom. The van der Waals surface area contributed by atoms with E-state index >= 15 is 0 Å². The second kappa shape index (κ2) is 8.92. The van der Waals surface area contributed by atoms with Crippen molar-refractivity contribution in [2.24, 2.45) is 0 Å². The Hall–Kier alpha value is 0.124. The summed E-state index contributed by atoms with van der Waals surface area (Å²) in [5.41, 5.74) is 0. The van der Waals surface area contributed by atoms with Gasteiger partial charge < -0.3 is 11.2 Å².